The van der Waals surface area contributed by atoms with Crippen LogP contribution in [0.15, 0.2) is 0 Å². The Balaban J connectivity index is 1.90. The highest BCUT2D eigenvalue weighted by Gasteiger charge is 2.54. The van der Waals surface area contributed by atoms with E-state index < -0.39 is 5.60 Å². The van der Waals surface area contributed by atoms with Crippen LogP contribution in [-0.4, -0.2) is 21.9 Å². The lowest BCUT2D eigenvalue weighted by Gasteiger charge is -2.55. The summed E-state index contributed by atoms with van der Waals surface area (Å²) in [5, 5.41) is 21.0. The molecule has 0 aromatic rings. The summed E-state index contributed by atoms with van der Waals surface area (Å²) in [4.78, 5) is 0. The molecular formula is C13H22O2. The maximum atomic E-state index is 10.8. The first-order valence-corrected chi connectivity index (χ1v) is 6.62. The average Bonchev–Trinajstić information content (AvgIpc) is 2.21. The maximum absolute atomic E-state index is 10.8. The molecular weight excluding hydrogens is 188 g/mol. The van der Waals surface area contributed by atoms with Crippen LogP contribution in [0.4, 0.5) is 0 Å². The fraction of sp³-hybridized carbons (Fsp3) is 1.00. The van der Waals surface area contributed by atoms with Crippen LogP contribution in [-0.2, 0) is 0 Å². The summed E-state index contributed by atoms with van der Waals surface area (Å²) in [6.45, 7) is 0. The molecule has 0 unspecified atom stereocenters. The monoisotopic (exact) mass is 210 g/mol. The molecule has 3 saturated carbocycles. The number of fused-ring (bicyclic) bond motifs is 4. The van der Waals surface area contributed by atoms with Gasteiger partial charge in [0.25, 0.3) is 0 Å². The van der Waals surface area contributed by atoms with Gasteiger partial charge in [0.1, 0.15) is 0 Å². The maximum Gasteiger partial charge on any atom is 0.0728 e. The number of rotatable bonds is 0. The van der Waals surface area contributed by atoms with Crippen LogP contribution in [0.1, 0.15) is 51.4 Å². The van der Waals surface area contributed by atoms with E-state index >= 15 is 0 Å². The third-order valence-electron chi connectivity index (χ3n) is 5.30. The zero-order valence-electron chi connectivity index (χ0n) is 9.36. The molecule has 2 N–H and O–H groups in total. The quantitative estimate of drug-likeness (QED) is 0.642. The minimum atomic E-state index is -0.505. The van der Waals surface area contributed by atoms with Crippen LogP contribution in [0.5, 0.6) is 0 Å². The van der Waals surface area contributed by atoms with E-state index in [1.165, 1.54) is 25.7 Å². The minimum Gasteiger partial charge on any atom is -0.392 e. The summed E-state index contributed by atoms with van der Waals surface area (Å²) in [7, 11) is 0. The average molecular weight is 210 g/mol. The molecule has 15 heavy (non-hydrogen) atoms. The van der Waals surface area contributed by atoms with Crippen LogP contribution in [0.2, 0.25) is 0 Å². The number of aliphatic hydroxyl groups is 2. The van der Waals surface area contributed by atoms with E-state index in [0.717, 1.165) is 25.7 Å². The van der Waals surface area contributed by atoms with E-state index in [1.807, 2.05) is 0 Å². The van der Waals surface area contributed by atoms with Crippen LogP contribution in [0.25, 0.3) is 0 Å². The number of hydrogen-bond donors (Lipinski definition) is 2. The van der Waals surface area contributed by atoms with Gasteiger partial charge in [0.2, 0.25) is 0 Å². The Morgan fingerprint density at radius 2 is 1.87 bits per heavy atom. The lowest BCUT2D eigenvalue weighted by atomic mass is 9.54. The van der Waals surface area contributed by atoms with Gasteiger partial charge in [-0.3, -0.25) is 0 Å². The van der Waals surface area contributed by atoms with Crippen LogP contribution >= 0.6 is 0 Å². The lowest BCUT2D eigenvalue weighted by Crippen LogP contribution is -2.59. The summed E-state index contributed by atoms with van der Waals surface area (Å²) in [5.74, 6) is 1.17. The van der Waals surface area contributed by atoms with Crippen molar-refractivity contribution in [2.75, 3.05) is 0 Å². The molecule has 2 nitrogen and oxygen atoms in total. The zero-order chi connectivity index (χ0) is 10.5. The van der Waals surface area contributed by atoms with Crippen molar-refractivity contribution in [1.29, 1.82) is 0 Å². The Bertz CT molecular complexity index is 253. The number of aliphatic hydroxyl groups excluding tert-OH is 1. The van der Waals surface area contributed by atoms with E-state index in [9.17, 15) is 10.2 Å². The normalized spacial score (nSPS) is 54.8. The molecule has 0 radical (unpaired) electrons. The van der Waals surface area contributed by atoms with Gasteiger partial charge in [0, 0.05) is 5.92 Å². The van der Waals surface area contributed by atoms with E-state index in [-0.39, 0.29) is 12.0 Å². The highest BCUT2D eigenvalue weighted by molar-refractivity contribution is 5.05. The van der Waals surface area contributed by atoms with Gasteiger partial charge in [-0.25, -0.2) is 0 Å². The summed E-state index contributed by atoms with van der Waals surface area (Å²) in [6, 6.07) is 0. The smallest absolute Gasteiger partial charge is 0.0728 e. The van der Waals surface area contributed by atoms with Gasteiger partial charge >= 0.3 is 0 Å². The SMILES string of the molecule is O[C@@H]1[C@@H]2CCC[C@H]1[C@]1(O)CCCC[C@H]1C2. The molecule has 0 aromatic heterocycles. The molecule has 0 aromatic carbocycles. The van der Waals surface area contributed by atoms with Crippen molar-refractivity contribution in [2.45, 2.75) is 63.1 Å². The lowest BCUT2D eigenvalue weighted by molar-refractivity contribution is -0.191. The molecule has 0 amide bonds. The minimum absolute atomic E-state index is 0.190. The molecule has 5 atom stereocenters. The molecule has 0 heterocycles. The Morgan fingerprint density at radius 3 is 2.73 bits per heavy atom. The molecule has 0 saturated heterocycles. The van der Waals surface area contributed by atoms with Crippen molar-refractivity contribution in [3.8, 4) is 0 Å². The van der Waals surface area contributed by atoms with Crippen molar-refractivity contribution >= 4 is 0 Å². The van der Waals surface area contributed by atoms with Gasteiger partial charge in [-0.2, -0.15) is 0 Å². The summed E-state index contributed by atoms with van der Waals surface area (Å²) in [5.41, 5.74) is -0.505. The summed E-state index contributed by atoms with van der Waals surface area (Å²) >= 11 is 0. The van der Waals surface area contributed by atoms with Crippen LogP contribution in [0, 0.1) is 17.8 Å². The third-order valence-corrected chi connectivity index (χ3v) is 5.30. The van der Waals surface area contributed by atoms with E-state index in [0.29, 0.717) is 11.8 Å². The summed E-state index contributed by atoms with van der Waals surface area (Å²) in [6.07, 6.45) is 8.87. The fourth-order valence-corrected chi connectivity index (χ4v) is 4.50. The van der Waals surface area contributed by atoms with Crippen molar-refractivity contribution in [1.82, 2.24) is 0 Å². The van der Waals surface area contributed by atoms with Gasteiger partial charge in [0.15, 0.2) is 0 Å². The first-order valence-electron chi connectivity index (χ1n) is 6.62. The largest absolute Gasteiger partial charge is 0.392 e. The highest BCUT2D eigenvalue weighted by atomic mass is 16.3. The molecule has 3 aliphatic rings. The second kappa shape index (κ2) is 3.46. The Hall–Kier alpha value is -0.0800. The second-order valence-electron chi connectivity index (χ2n) is 5.96. The van der Waals surface area contributed by atoms with Crippen molar-refractivity contribution < 1.29 is 10.2 Å². The predicted octanol–water partition coefficient (Wildman–Crippen LogP) is 2.09. The fourth-order valence-electron chi connectivity index (χ4n) is 4.50. The van der Waals surface area contributed by atoms with Crippen molar-refractivity contribution in [3.05, 3.63) is 0 Å². The second-order valence-corrected chi connectivity index (χ2v) is 5.96. The third kappa shape index (κ3) is 1.38. The predicted molar refractivity (Wildman–Crippen MR) is 58.4 cm³/mol. The molecule has 2 bridgehead atoms. The zero-order valence-corrected chi connectivity index (χ0v) is 9.36. The van der Waals surface area contributed by atoms with E-state index in [2.05, 4.69) is 0 Å². The Morgan fingerprint density at radius 1 is 1.00 bits per heavy atom. The molecule has 86 valence electrons. The molecule has 0 spiro atoms. The molecule has 2 heteroatoms. The van der Waals surface area contributed by atoms with Gasteiger partial charge in [-0.05, 0) is 43.9 Å². The van der Waals surface area contributed by atoms with Gasteiger partial charge in [-0.1, -0.05) is 19.3 Å². The Kier molecular flexibility index (Phi) is 2.33. The molecule has 3 fully saturated rings. The number of hydrogen-bond acceptors (Lipinski definition) is 2. The van der Waals surface area contributed by atoms with Crippen molar-refractivity contribution in [3.63, 3.8) is 0 Å². The van der Waals surface area contributed by atoms with E-state index in [4.69, 9.17) is 0 Å². The topological polar surface area (TPSA) is 40.5 Å². The highest BCUT2D eigenvalue weighted by Crippen LogP contribution is 2.53. The van der Waals surface area contributed by atoms with Crippen molar-refractivity contribution in [2.24, 2.45) is 17.8 Å². The van der Waals surface area contributed by atoms with Crippen LogP contribution in [0.3, 0.4) is 0 Å². The van der Waals surface area contributed by atoms with Gasteiger partial charge < -0.3 is 10.2 Å². The van der Waals surface area contributed by atoms with Crippen LogP contribution < -0.4 is 0 Å². The first kappa shape index (κ1) is 10.1. The Labute approximate surface area is 91.7 Å². The van der Waals surface area contributed by atoms with Gasteiger partial charge in [0.05, 0.1) is 11.7 Å². The standard InChI is InChI=1S/C13H22O2/c14-12-9-4-3-6-11(12)13(15)7-2-1-5-10(13)8-9/h9-12,14-15H,1-8H2/t9-,10+,11-,12-,13+/m1/s1. The molecule has 0 aliphatic heterocycles. The van der Waals surface area contributed by atoms with Gasteiger partial charge in [-0.15, -0.1) is 0 Å². The molecule has 3 rings (SSSR count). The summed E-state index contributed by atoms with van der Waals surface area (Å²) < 4.78 is 0. The molecule has 3 aliphatic carbocycles. The first-order chi connectivity index (χ1) is 7.22. The van der Waals surface area contributed by atoms with E-state index in [1.54, 1.807) is 0 Å².